The molecule has 0 bridgehead atoms. The highest BCUT2D eigenvalue weighted by molar-refractivity contribution is 4.81. The van der Waals surface area contributed by atoms with Crippen LogP contribution in [0.1, 0.15) is 161 Å². The molecule has 1 unspecified atom stereocenters. The van der Waals surface area contributed by atoms with Gasteiger partial charge < -0.3 is 0 Å². The van der Waals surface area contributed by atoms with Crippen LogP contribution in [0.15, 0.2) is 12.2 Å². The van der Waals surface area contributed by atoms with Crippen LogP contribution >= 0.6 is 0 Å². The average Bonchev–Trinajstić information content (AvgIpc) is 2.76. The Morgan fingerprint density at radius 2 is 0.833 bits per heavy atom. The lowest BCUT2D eigenvalue weighted by Crippen LogP contribution is -2.01. The predicted molar refractivity (Wildman–Crippen MR) is 140 cm³/mol. The van der Waals surface area contributed by atoms with E-state index in [1.807, 2.05) is 0 Å². The third kappa shape index (κ3) is 24.0. The molecule has 1 atom stereocenters. The zero-order chi connectivity index (χ0) is 22.0. The smallest absolute Gasteiger partial charge is 0.0351 e. The number of allylic oxidation sites excluding steroid dienone is 2. The Morgan fingerprint density at radius 1 is 0.467 bits per heavy atom. The van der Waals surface area contributed by atoms with Crippen molar-refractivity contribution in [2.75, 3.05) is 0 Å². The Labute approximate surface area is 193 Å². The molecule has 0 fully saturated rings. The average molecular weight is 419 g/mol. The molecule has 0 N–H and O–H groups in total. The van der Waals surface area contributed by atoms with E-state index < -0.39 is 0 Å². The van der Waals surface area contributed by atoms with E-state index in [4.69, 9.17) is 0 Å². The van der Waals surface area contributed by atoms with Crippen molar-refractivity contribution >= 4 is 0 Å². The maximum absolute atomic E-state index is 3.96. The van der Waals surface area contributed by atoms with Gasteiger partial charge in [0.15, 0.2) is 0 Å². The molecule has 0 aliphatic carbocycles. The molecule has 0 amide bonds. The Kier molecular flexibility index (Phi) is 26.5. The molecule has 0 spiro atoms. The number of hydrogen-bond donors (Lipinski definition) is 0. The van der Waals surface area contributed by atoms with E-state index in [1.54, 1.807) is 0 Å². The summed E-state index contributed by atoms with van der Waals surface area (Å²) >= 11 is 0. The molecule has 0 saturated carbocycles. The van der Waals surface area contributed by atoms with Crippen molar-refractivity contribution in [2.45, 2.75) is 161 Å². The fraction of sp³-hybridized carbons (Fsp3) is 0.867. The summed E-state index contributed by atoms with van der Waals surface area (Å²) in [6, 6.07) is 0. The van der Waals surface area contributed by atoms with Crippen LogP contribution < -0.4 is 0 Å². The van der Waals surface area contributed by atoms with Gasteiger partial charge in [-0.1, -0.05) is 161 Å². The topological polar surface area (TPSA) is 0 Å². The molecule has 0 aromatic heterocycles. The number of hydrogen-bond acceptors (Lipinski definition) is 0. The summed E-state index contributed by atoms with van der Waals surface area (Å²) < 4.78 is 0. The molecule has 178 valence electrons. The molecule has 30 heavy (non-hydrogen) atoms. The van der Waals surface area contributed by atoms with Gasteiger partial charge in [0.05, 0.1) is 0 Å². The maximum atomic E-state index is 3.96. The van der Waals surface area contributed by atoms with Gasteiger partial charge in [0.25, 0.3) is 0 Å². The summed E-state index contributed by atoms with van der Waals surface area (Å²) in [4.78, 5) is 0. The zero-order valence-electron chi connectivity index (χ0n) is 21.1. The molecular weight excluding hydrogens is 360 g/mol. The van der Waals surface area contributed by atoms with E-state index in [0.29, 0.717) is 0 Å². The van der Waals surface area contributed by atoms with E-state index >= 15 is 0 Å². The van der Waals surface area contributed by atoms with Crippen molar-refractivity contribution in [3.8, 4) is 0 Å². The van der Waals surface area contributed by atoms with Gasteiger partial charge in [-0.05, 0) is 31.6 Å². The van der Waals surface area contributed by atoms with Gasteiger partial charge in [0, 0.05) is 0 Å². The standard InChI is InChI=1S/C30H58/c1-4-7-10-12-13-14-15-16-17-18-19-20-21-22-24-26-29-30(27-9-6-3)28-25-23-11-8-5-2/h14-15,30H,1-2,4-13,16-29H2,3H3. The quantitative estimate of drug-likeness (QED) is 0.102. The highest BCUT2D eigenvalue weighted by Crippen LogP contribution is 2.24. The fourth-order valence-corrected chi connectivity index (χ4v) is 4.50. The third-order valence-electron chi connectivity index (χ3n) is 6.60. The van der Waals surface area contributed by atoms with Crippen molar-refractivity contribution < 1.29 is 0 Å². The Balaban J connectivity index is 3.44. The van der Waals surface area contributed by atoms with Gasteiger partial charge in [0.1, 0.15) is 0 Å². The molecule has 0 aliphatic rings. The molecule has 0 heterocycles. The summed E-state index contributed by atoms with van der Waals surface area (Å²) in [6.45, 7) is 10.2. The van der Waals surface area contributed by atoms with Crippen LogP contribution in [0, 0.1) is 19.8 Å². The Bertz CT molecular complexity index is 316. The number of unbranched alkanes of at least 4 members (excludes halogenated alkanes) is 17. The molecule has 0 heteroatoms. The monoisotopic (exact) mass is 418 g/mol. The van der Waals surface area contributed by atoms with Gasteiger partial charge >= 0.3 is 0 Å². The van der Waals surface area contributed by atoms with E-state index in [9.17, 15) is 0 Å². The van der Waals surface area contributed by atoms with Crippen molar-refractivity contribution in [2.24, 2.45) is 5.92 Å². The lowest BCUT2D eigenvalue weighted by Gasteiger charge is -2.16. The largest absolute Gasteiger partial charge is 0.0885 e. The van der Waals surface area contributed by atoms with Crippen molar-refractivity contribution in [3.63, 3.8) is 0 Å². The van der Waals surface area contributed by atoms with Crippen molar-refractivity contribution in [3.05, 3.63) is 26.0 Å². The first kappa shape index (κ1) is 29.7. The van der Waals surface area contributed by atoms with Crippen molar-refractivity contribution in [1.82, 2.24) is 0 Å². The summed E-state index contributed by atoms with van der Waals surface area (Å²) in [5.74, 6) is 1.02. The summed E-state index contributed by atoms with van der Waals surface area (Å²) in [7, 11) is 0. The summed E-state index contributed by atoms with van der Waals surface area (Å²) in [5.41, 5.74) is 0. The van der Waals surface area contributed by atoms with Crippen LogP contribution in [-0.2, 0) is 0 Å². The lowest BCUT2D eigenvalue weighted by atomic mass is 9.90. The van der Waals surface area contributed by atoms with Gasteiger partial charge in [-0.25, -0.2) is 0 Å². The predicted octanol–water partition coefficient (Wildman–Crippen LogP) is 11.2. The second-order valence-electron chi connectivity index (χ2n) is 9.64. The van der Waals surface area contributed by atoms with Crippen LogP contribution in [0.5, 0.6) is 0 Å². The summed E-state index contributed by atoms with van der Waals surface area (Å²) in [6.07, 6.45) is 38.1. The number of rotatable bonds is 25. The molecule has 0 saturated heterocycles. The molecule has 0 rings (SSSR count). The molecule has 2 radical (unpaired) electrons. The van der Waals surface area contributed by atoms with Crippen LogP contribution in [-0.4, -0.2) is 0 Å². The van der Waals surface area contributed by atoms with E-state index in [2.05, 4.69) is 32.9 Å². The van der Waals surface area contributed by atoms with E-state index in [-0.39, 0.29) is 0 Å². The van der Waals surface area contributed by atoms with Gasteiger partial charge in [-0.3, -0.25) is 0 Å². The van der Waals surface area contributed by atoms with Crippen molar-refractivity contribution in [1.29, 1.82) is 0 Å². The second kappa shape index (κ2) is 26.8. The first-order chi connectivity index (χ1) is 14.8. The lowest BCUT2D eigenvalue weighted by molar-refractivity contribution is 0.371. The Morgan fingerprint density at radius 3 is 1.30 bits per heavy atom. The van der Waals surface area contributed by atoms with Crippen LogP contribution in [0.2, 0.25) is 0 Å². The minimum atomic E-state index is 1.02. The molecular formula is C30H58. The molecule has 0 nitrogen and oxygen atoms in total. The molecule has 0 aromatic rings. The highest BCUT2D eigenvalue weighted by atomic mass is 14.1. The maximum Gasteiger partial charge on any atom is -0.0351 e. The Hall–Kier alpha value is -0.260. The minimum absolute atomic E-state index is 1.02. The first-order valence-corrected chi connectivity index (χ1v) is 14.1. The highest BCUT2D eigenvalue weighted by Gasteiger charge is 2.08. The minimum Gasteiger partial charge on any atom is -0.0885 e. The first-order valence-electron chi connectivity index (χ1n) is 14.1. The fourth-order valence-electron chi connectivity index (χ4n) is 4.50. The van der Waals surface area contributed by atoms with Gasteiger partial charge in [-0.2, -0.15) is 0 Å². The molecule has 0 aromatic carbocycles. The third-order valence-corrected chi connectivity index (χ3v) is 6.60. The zero-order valence-corrected chi connectivity index (χ0v) is 21.1. The second-order valence-corrected chi connectivity index (χ2v) is 9.64. The van der Waals surface area contributed by atoms with Gasteiger partial charge in [-0.15, -0.1) is 0 Å². The van der Waals surface area contributed by atoms with Gasteiger partial charge in [0.2, 0.25) is 0 Å². The van der Waals surface area contributed by atoms with E-state index in [1.165, 1.54) is 141 Å². The SMILES string of the molecule is [CH2]CCCCCC=CCCCCCCCCCCC(CCCC)CCCCCC[CH2]. The van der Waals surface area contributed by atoms with Crippen LogP contribution in [0.3, 0.4) is 0 Å². The van der Waals surface area contributed by atoms with Crippen LogP contribution in [0.25, 0.3) is 0 Å². The van der Waals surface area contributed by atoms with Crippen LogP contribution in [0.4, 0.5) is 0 Å². The van der Waals surface area contributed by atoms with E-state index in [0.717, 1.165) is 18.8 Å². The molecule has 0 aliphatic heterocycles. The normalized spacial score (nSPS) is 12.8. The summed E-state index contributed by atoms with van der Waals surface area (Å²) in [5, 5.41) is 0.